The lowest BCUT2D eigenvalue weighted by Crippen LogP contribution is -2.20. The summed E-state index contributed by atoms with van der Waals surface area (Å²) in [6.45, 7) is 1.97. The second kappa shape index (κ2) is 8.15. The molecule has 0 unspecified atom stereocenters. The van der Waals surface area contributed by atoms with Gasteiger partial charge in [0.15, 0.2) is 5.82 Å². The van der Waals surface area contributed by atoms with Gasteiger partial charge in [-0.15, -0.1) is 0 Å². The van der Waals surface area contributed by atoms with E-state index in [0.29, 0.717) is 16.6 Å². The Morgan fingerprint density at radius 1 is 1.04 bits per heavy atom. The molecule has 0 saturated carbocycles. The van der Waals surface area contributed by atoms with Crippen molar-refractivity contribution in [3.8, 4) is 11.5 Å². The lowest BCUT2D eigenvalue weighted by atomic mass is 10.3. The van der Waals surface area contributed by atoms with E-state index >= 15 is 0 Å². The van der Waals surface area contributed by atoms with Crippen molar-refractivity contribution >= 4 is 28.2 Å². The monoisotopic (exact) mass is 398 g/mol. The van der Waals surface area contributed by atoms with Crippen LogP contribution in [-0.2, 0) is 16.6 Å². The molecule has 1 aromatic carbocycles. The number of benzene rings is 1. The van der Waals surface area contributed by atoms with Crippen molar-refractivity contribution in [1.82, 2.24) is 15.0 Å². The van der Waals surface area contributed by atoms with E-state index in [1.807, 2.05) is 24.3 Å². The molecule has 0 aliphatic carbocycles. The van der Waals surface area contributed by atoms with Crippen molar-refractivity contribution in [2.75, 3.05) is 18.0 Å². The number of aromatic nitrogens is 3. The van der Waals surface area contributed by atoms with Crippen LogP contribution in [0.2, 0.25) is 5.02 Å². The second-order valence-electron chi connectivity index (χ2n) is 6.39. The lowest BCUT2D eigenvalue weighted by molar-refractivity contribution is 0.682. The molecule has 1 saturated heterocycles. The van der Waals surface area contributed by atoms with Crippen LogP contribution < -0.4 is 4.90 Å². The normalized spacial score (nSPS) is 15.1. The van der Waals surface area contributed by atoms with Crippen LogP contribution >= 0.6 is 11.6 Å². The van der Waals surface area contributed by atoms with Crippen LogP contribution in [0.25, 0.3) is 11.5 Å². The molecule has 0 amide bonds. The third-order valence-electron chi connectivity index (χ3n) is 4.45. The van der Waals surface area contributed by atoms with Gasteiger partial charge >= 0.3 is 0 Å². The van der Waals surface area contributed by atoms with E-state index in [4.69, 9.17) is 16.6 Å². The van der Waals surface area contributed by atoms with Gasteiger partial charge in [0, 0.05) is 35.3 Å². The molecule has 2 aromatic heterocycles. The van der Waals surface area contributed by atoms with Gasteiger partial charge in [-0.05, 0) is 49.2 Å². The maximum Gasteiger partial charge on any atom is 0.180 e. The minimum atomic E-state index is -1.20. The number of anilines is 1. The second-order valence-corrected chi connectivity index (χ2v) is 8.28. The summed E-state index contributed by atoms with van der Waals surface area (Å²) in [5.74, 6) is 1.78. The Bertz CT molecular complexity index is 944. The number of hydrogen-bond acceptors (Lipinski definition) is 5. The first-order chi connectivity index (χ1) is 13.2. The van der Waals surface area contributed by atoms with E-state index in [-0.39, 0.29) is 0 Å². The molecule has 0 radical (unpaired) electrons. The Morgan fingerprint density at radius 3 is 2.52 bits per heavy atom. The predicted molar refractivity (Wildman–Crippen MR) is 108 cm³/mol. The van der Waals surface area contributed by atoms with Crippen molar-refractivity contribution in [1.29, 1.82) is 0 Å². The summed E-state index contributed by atoms with van der Waals surface area (Å²) in [5.41, 5.74) is 1.47. The summed E-state index contributed by atoms with van der Waals surface area (Å²) in [4.78, 5) is 16.7. The van der Waals surface area contributed by atoms with E-state index in [0.717, 1.165) is 48.0 Å². The van der Waals surface area contributed by atoms with Crippen molar-refractivity contribution < 1.29 is 4.21 Å². The quantitative estimate of drug-likeness (QED) is 0.647. The van der Waals surface area contributed by atoms with Crippen molar-refractivity contribution in [2.45, 2.75) is 23.5 Å². The number of hydrogen-bond donors (Lipinski definition) is 0. The molecule has 0 spiro atoms. The SMILES string of the molecule is O=[S@](Cc1cc(N2CCCC2)nc(-c2ccccn2)n1)c1ccc(Cl)cc1. The highest BCUT2D eigenvalue weighted by Crippen LogP contribution is 2.24. The number of halogens is 1. The zero-order valence-electron chi connectivity index (χ0n) is 14.7. The maximum absolute atomic E-state index is 12.8. The van der Waals surface area contributed by atoms with Gasteiger partial charge in [0.1, 0.15) is 11.5 Å². The Hall–Kier alpha value is -2.31. The molecule has 27 heavy (non-hydrogen) atoms. The van der Waals surface area contributed by atoms with Crippen LogP contribution in [0.5, 0.6) is 0 Å². The first kappa shape index (κ1) is 18.1. The van der Waals surface area contributed by atoms with Crippen LogP contribution in [0, 0.1) is 0 Å². The van der Waals surface area contributed by atoms with E-state index in [1.165, 1.54) is 0 Å². The molecule has 1 aliphatic heterocycles. The van der Waals surface area contributed by atoms with Gasteiger partial charge in [-0.1, -0.05) is 17.7 Å². The molecule has 3 heterocycles. The van der Waals surface area contributed by atoms with Crippen LogP contribution in [0.15, 0.2) is 59.6 Å². The summed E-state index contributed by atoms with van der Waals surface area (Å²) in [6, 6.07) is 14.7. The summed E-state index contributed by atoms with van der Waals surface area (Å²) in [6.07, 6.45) is 4.05. The van der Waals surface area contributed by atoms with E-state index in [2.05, 4.69) is 14.9 Å². The standard InChI is InChI=1S/C20H19ClN4OS/c21-15-6-8-17(9-7-15)27(26)14-16-13-19(25-11-3-4-12-25)24-20(23-16)18-5-1-2-10-22-18/h1-2,5-10,13H,3-4,11-12,14H2/t27-/m1/s1. The average molecular weight is 399 g/mol. The summed E-state index contributed by atoms with van der Waals surface area (Å²) in [5, 5.41) is 0.631. The maximum atomic E-state index is 12.8. The molecule has 3 aromatic rings. The molecule has 5 nitrogen and oxygen atoms in total. The lowest BCUT2D eigenvalue weighted by Gasteiger charge is -2.18. The Kier molecular flexibility index (Phi) is 5.45. The Morgan fingerprint density at radius 2 is 1.81 bits per heavy atom. The zero-order valence-corrected chi connectivity index (χ0v) is 16.3. The van der Waals surface area contributed by atoms with Gasteiger partial charge in [-0.2, -0.15) is 0 Å². The first-order valence-corrected chi connectivity index (χ1v) is 10.6. The van der Waals surface area contributed by atoms with Gasteiger partial charge in [0.25, 0.3) is 0 Å². The molecule has 0 bridgehead atoms. The molecule has 1 atom stereocenters. The van der Waals surface area contributed by atoms with Gasteiger partial charge in [0.2, 0.25) is 0 Å². The van der Waals surface area contributed by atoms with Gasteiger partial charge in [0.05, 0.1) is 22.2 Å². The fraction of sp³-hybridized carbons (Fsp3) is 0.250. The van der Waals surface area contributed by atoms with Crippen molar-refractivity contribution in [2.24, 2.45) is 0 Å². The summed E-state index contributed by atoms with van der Waals surface area (Å²) >= 11 is 5.93. The topological polar surface area (TPSA) is 59.0 Å². The highest BCUT2D eigenvalue weighted by molar-refractivity contribution is 7.84. The fourth-order valence-corrected chi connectivity index (χ4v) is 4.23. The number of pyridine rings is 1. The van der Waals surface area contributed by atoms with Gasteiger partial charge < -0.3 is 4.90 Å². The fourth-order valence-electron chi connectivity index (χ4n) is 3.08. The van der Waals surface area contributed by atoms with E-state index in [1.54, 1.807) is 30.5 Å². The molecule has 7 heteroatoms. The van der Waals surface area contributed by atoms with Crippen LogP contribution in [0.3, 0.4) is 0 Å². The third kappa shape index (κ3) is 4.34. The molecular weight excluding hydrogens is 380 g/mol. The highest BCUT2D eigenvalue weighted by atomic mass is 35.5. The average Bonchev–Trinajstić information content (AvgIpc) is 3.24. The zero-order chi connectivity index (χ0) is 18.6. The Balaban J connectivity index is 1.67. The van der Waals surface area contributed by atoms with Crippen LogP contribution in [0.1, 0.15) is 18.5 Å². The smallest absolute Gasteiger partial charge is 0.180 e. The van der Waals surface area contributed by atoms with E-state index in [9.17, 15) is 4.21 Å². The van der Waals surface area contributed by atoms with Gasteiger partial charge in [-0.25, -0.2) is 9.97 Å². The highest BCUT2D eigenvalue weighted by Gasteiger charge is 2.18. The predicted octanol–water partition coefficient (Wildman–Crippen LogP) is 4.10. The van der Waals surface area contributed by atoms with Crippen LogP contribution in [-0.4, -0.2) is 32.3 Å². The summed E-state index contributed by atoms with van der Waals surface area (Å²) < 4.78 is 12.8. The molecule has 4 rings (SSSR count). The molecule has 138 valence electrons. The minimum Gasteiger partial charge on any atom is -0.356 e. The number of rotatable bonds is 5. The number of nitrogens with zero attached hydrogens (tertiary/aromatic N) is 4. The third-order valence-corrected chi connectivity index (χ3v) is 6.05. The van der Waals surface area contributed by atoms with Crippen molar-refractivity contribution in [3.63, 3.8) is 0 Å². The first-order valence-electron chi connectivity index (χ1n) is 8.87. The van der Waals surface area contributed by atoms with Gasteiger partial charge in [-0.3, -0.25) is 9.19 Å². The Labute approximate surface area is 165 Å². The largest absolute Gasteiger partial charge is 0.356 e. The van der Waals surface area contributed by atoms with E-state index < -0.39 is 10.8 Å². The summed E-state index contributed by atoms with van der Waals surface area (Å²) in [7, 11) is -1.20. The van der Waals surface area contributed by atoms with Crippen LogP contribution in [0.4, 0.5) is 5.82 Å². The molecule has 1 fully saturated rings. The minimum absolute atomic E-state index is 0.324. The molecule has 1 aliphatic rings. The molecular formula is C20H19ClN4OS. The van der Waals surface area contributed by atoms with Crippen molar-refractivity contribution in [3.05, 3.63) is 65.4 Å². The molecule has 0 N–H and O–H groups in total.